The van der Waals surface area contributed by atoms with Gasteiger partial charge in [0.25, 0.3) is 5.91 Å². The highest BCUT2D eigenvalue weighted by Crippen LogP contribution is 2.27. The van der Waals surface area contributed by atoms with E-state index in [1.165, 1.54) is 5.56 Å². The van der Waals surface area contributed by atoms with Gasteiger partial charge in [0.15, 0.2) is 0 Å². The van der Waals surface area contributed by atoms with Crippen LogP contribution in [0.2, 0.25) is 10.0 Å². The van der Waals surface area contributed by atoms with Crippen molar-refractivity contribution in [3.8, 4) is 0 Å². The van der Waals surface area contributed by atoms with Crippen molar-refractivity contribution >= 4 is 45.7 Å². The van der Waals surface area contributed by atoms with Gasteiger partial charge in [-0.1, -0.05) is 23.2 Å². The molecule has 3 rings (SSSR count). The fourth-order valence-electron chi connectivity index (χ4n) is 3.01. The molecular weight excluding hydrogens is 369 g/mol. The fourth-order valence-corrected chi connectivity index (χ4v) is 3.53. The van der Waals surface area contributed by atoms with E-state index in [9.17, 15) is 4.79 Å². The number of benzene rings is 2. The van der Waals surface area contributed by atoms with Crippen LogP contribution in [0.1, 0.15) is 21.6 Å². The Labute approximate surface area is 163 Å². The lowest BCUT2D eigenvalue weighted by Crippen LogP contribution is -2.15. The van der Waals surface area contributed by atoms with Gasteiger partial charge in [0.05, 0.1) is 0 Å². The van der Waals surface area contributed by atoms with E-state index in [4.69, 9.17) is 23.2 Å². The van der Waals surface area contributed by atoms with Crippen LogP contribution in [0.5, 0.6) is 0 Å². The van der Waals surface area contributed by atoms with Gasteiger partial charge in [0, 0.05) is 44.4 Å². The van der Waals surface area contributed by atoms with Crippen molar-refractivity contribution in [2.24, 2.45) is 0 Å². The smallest absolute Gasteiger partial charge is 0.255 e. The van der Waals surface area contributed by atoms with Gasteiger partial charge in [-0.05, 0) is 69.4 Å². The third kappa shape index (κ3) is 4.21. The van der Waals surface area contributed by atoms with E-state index < -0.39 is 0 Å². The first-order valence-electron chi connectivity index (χ1n) is 8.37. The lowest BCUT2D eigenvalue weighted by atomic mass is 10.1. The highest BCUT2D eigenvalue weighted by atomic mass is 35.5. The van der Waals surface area contributed by atoms with Crippen molar-refractivity contribution in [3.63, 3.8) is 0 Å². The Morgan fingerprint density at radius 3 is 2.46 bits per heavy atom. The molecule has 0 bridgehead atoms. The van der Waals surface area contributed by atoms with Crippen molar-refractivity contribution in [2.45, 2.75) is 13.3 Å². The molecule has 26 heavy (non-hydrogen) atoms. The molecule has 0 aliphatic rings. The van der Waals surface area contributed by atoms with Gasteiger partial charge >= 0.3 is 0 Å². The predicted octanol–water partition coefficient (Wildman–Crippen LogP) is 5.14. The number of aryl methyl sites for hydroxylation is 1. The van der Waals surface area contributed by atoms with Gasteiger partial charge in [-0.2, -0.15) is 0 Å². The Balaban J connectivity index is 1.88. The SMILES string of the molecule is Cc1[nH]c2ccc(NC(=O)c3cc(Cl)cc(Cl)c3)cc2c1CCN(C)C. The quantitative estimate of drug-likeness (QED) is 0.634. The third-order valence-corrected chi connectivity index (χ3v) is 4.75. The average Bonchev–Trinajstić information content (AvgIpc) is 2.86. The Kier molecular flexibility index (Phi) is 5.56. The molecule has 0 unspecified atom stereocenters. The molecule has 1 aromatic heterocycles. The summed E-state index contributed by atoms with van der Waals surface area (Å²) in [5, 5.41) is 4.93. The molecular formula is C20H21Cl2N3O. The number of nitrogens with one attached hydrogen (secondary N) is 2. The van der Waals surface area contributed by atoms with E-state index in [2.05, 4.69) is 36.2 Å². The molecule has 0 radical (unpaired) electrons. The number of H-pyrrole nitrogens is 1. The lowest BCUT2D eigenvalue weighted by Gasteiger charge is -2.10. The van der Waals surface area contributed by atoms with Gasteiger partial charge in [-0.25, -0.2) is 0 Å². The van der Waals surface area contributed by atoms with E-state index in [0.29, 0.717) is 15.6 Å². The fraction of sp³-hybridized carbons (Fsp3) is 0.250. The van der Waals surface area contributed by atoms with Crippen LogP contribution in [-0.2, 0) is 6.42 Å². The number of carbonyl (C=O) groups is 1. The second-order valence-corrected chi connectivity index (χ2v) is 7.53. The van der Waals surface area contributed by atoms with E-state index in [1.807, 2.05) is 18.2 Å². The summed E-state index contributed by atoms with van der Waals surface area (Å²) < 4.78 is 0. The van der Waals surface area contributed by atoms with Gasteiger partial charge in [-0.3, -0.25) is 4.79 Å². The monoisotopic (exact) mass is 389 g/mol. The predicted molar refractivity (Wildman–Crippen MR) is 110 cm³/mol. The van der Waals surface area contributed by atoms with E-state index in [0.717, 1.165) is 35.2 Å². The summed E-state index contributed by atoms with van der Waals surface area (Å²) >= 11 is 12.0. The van der Waals surface area contributed by atoms with Gasteiger partial charge in [0.1, 0.15) is 0 Å². The van der Waals surface area contributed by atoms with Crippen LogP contribution in [-0.4, -0.2) is 36.4 Å². The number of anilines is 1. The number of carbonyl (C=O) groups excluding carboxylic acids is 1. The largest absolute Gasteiger partial charge is 0.358 e. The number of hydrogen-bond donors (Lipinski definition) is 2. The van der Waals surface area contributed by atoms with Crippen LogP contribution >= 0.6 is 23.2 Å². The Morgan fingerprint density at radius 1 is 1.12 bits per heavy atom. The summed E-state index contributed by atoms with van der Waals surface area (Å²) in [4.78, 5) is 18.1. The van der Waals surface area contributed by atoms with Gasteiger partial charge in [-0.15, -0.1) is 0 Å². The van der Waals surface area contributed by atoms with Gasteiger partial charge in [0.2, 0.25) is 0 Å². The topological polar surface area (TPSA) is 48.1 Å². The summed E-state index contributed by atoms with van der Waals surface area (Å²) in [6, 6.07) is 10.7. The number of aromatic amines is 1. The van der Waals surface area contributed by atoms with E-state index >= 15 is 0 Å². The Hall–Kier alpha value is -2.01. The minimum atomic E-state index is -0.240. The molecule has 2 aromatic carbocycles. The maximum Gasteiger partial charge on any atom is 0.255 e. The number of amides is 1. The van der Waals surface area contributed by atoms with E-state index in [-0.39, 0.29) is 5.91 Å². The van der Waals surface area contributed by atoms with Crippen LogP contribution in [0.15, 0.2) is 36.4 Å². The number of rotatable bonds is 5. The highest BCUT2D eigenvalue weighted by Gasteiger charge is 2.12. The first-order chi connectivity index (χ1) is 12.3. The number of likely N-dealkylation sites (N-methyl/N-ethyl adjacent to an activating group) is 1. The molecule has 6 heteroatoms. The van der Waals surface area contributed by atoms with Crippen molar-refractivity contribution in [2.75, 3.05) is 26.0 Å². The number of halogens is 2. The first kappa shape index (κ1) is 18.8. The summed E-state index contributed by atoms with van der Waals surface area (Å²) in [5.41, 5.74) is 4.67. The van der Waals surface area contributed by atoms with Crippen LogP contribution < -0.4 is 5.32 Å². The van der Waals surface area contributed by atoms with Crippen molar-refractivity contribution < 1.29 is 4.79 Å². The molecule has 0 saturated heterocycles. The lowest BCUT2D eigenvalue weighted by molar-refractivity contribution is 0.102. The second-order valence-electron chi connectivity index (χ2n) is 6.65. The molecule has 1 amide bonds. The molecule has 0 saturated carbocycles. The maximum absolute atomic E-state index is 12.5. The molecule has 0 aliphatic heterocycles. The molecule has 4 nitrogen and oxygen atoms in total. The summed E-state index contributed by atoms with van der Waals surface area (Å²) in [6.45, 7) is 3.04. The minimum Gasteiger partial charge on any atom is -0.358 e. The molecule has 2 N–H and O–H groups in total. The van der Waals surface area contributed by atoms with Crippen molar-refractivity contribution in [3.05, 3.63) is 63.3 Å². The van der Waals surface area contributed by atoms with Crippen molar-refractivity contribution in [1.29, 1.82) is 0 Å². The standard InChI is InChI=1S/C20H21Cl2N3O/c1-12-17(6-7-25(2)3)18-11-16(4-5-19(18)23-12)24-20(26)13-8-14(21)10-15(22)9-13/h4-5,8-11,23H,6-7H2,1-3H3,(H,24,26). The second kappa shape index (κ2) is 7.70. The molecule has 136 valence electrons. The molecule has 0 aliphatic carbocycles. The number of hydrogen-bond acceptors (Lipinski definition) is 2. The molecule has 3 aromatic rings. The number of fused-ring (bicyclic) bond motifs is 1. The highest BCUT2D eigenvalue weighted by molar-refractivity contribution is 6.35. The Bertz CT molecular complexity index is 943. The van der Waals surface area contributed by atoms with E-state index in [1.54, 1.807) is 18.2 Å². The first-order valence-corrected chi connectivity index (χ1v) is 9.12. The molecule has 0 fully saturated rings. The van der Waals surface area contributed by atoms with Crippen LogP contribution in [0, 0.1) is 6.92 Å². The zero-order valence-corrected chi connectivity index (χ0v) is 16.5. The summed E-state index contributed by atoms with van der Waals surface area (Å²) in [5.74, 6) is -0.240. The third-order valence-electron chi connectivity index (χ3n) is 4.31. The number of nitrogens with zero attached hydrogens (tertiary/aromatic N) is 1. The zero-order valence-electron chi connectivity index (χ0n) is 15.0. The van der Waals surface area contributed by atoms with Crippen molar-refractivity contribution in [1.82, 2.24) is 9.88 Å². The van der Waals surface area contributed by atoms with Gasteiger partial charge < -0.3 is 15.2 Å². The minimum absolute atomic E-state index is 0.240. The average molecular weight is 390 g/mol. The zero-order chi connectivity index (χ0) is 18.8. The van der Waals surface area contributed by atoms with Crippen LogP contribution in [0.3, 0.4) is 0 Å². The van der Waals surface area contributed by atoms with Crippen LogP contribution in [0.4, 0.5) is 5.69 Å². The number of aromatic nitrogens is 1. The summed E-state index contributed by atoms with van der Waals surface area (Å²) in [7, 11) is 4.12. The molecule has 1 heterocycles. The normalized spacial score (nSPS) is 11.3. The maximum atomic E-state index is 12.5. The van der Waals surface area contributed by atoms with Crippen LogP contribution in [0.25, 0.3) is 10.9 Å². The molecule has 0 spiro atoms. The summed E-state index contributed by atoms with van der Waals surface area (Å²) in [6.07, 6.45) is 0.945. The Morgan fingerprint density at radius 2 is 1.81 bits per heavy atom. The molecule has 0 atom stereocenters.